The van der Waals surface area contributed by atoms with Gasteiger partial charge in [-0.1, -0.05) is 19.3 Å². The molecule has 1 N–H and O–H groups in total. The van der Waals surface area contributed by atoms with E-state index in [-0.39, 0.29) is 11.7 Å². The Morgan fingerprint density at radius 1 is 1.08 bits per heavy atom. The minimum absolute atomic E-state index is 0.118. The summed E-state index contributed by atoms with van der Waals surface area (Å²) in [6, 6.07) is 11.5. The monoisotopic (exact) mass is 522 g/mol. The van der Waals surface area contributed by atoms with Crippen LogP contribution in [0.1, 0.15) is 54.8 Å². The first-order valence-electron chi connectivity index (χ1n) is 13.0. The Kier molecular flexibility index (Phi) is 7.55. The first kappa shape index (κ1) is 25.4. The van der Waals surface area contributed by atoms with Crippen molar-refractivity contribution in [3.05, 3.63) is 63.5 Å². The van der Waals surface area contributed by atoms with E-state index in [0.717, 1.165) is 53.2 Å². The van der Waals surface area contributed by atoms with Crippen molar-refractivity contribution >= 4 is 28.3 Å². The smallest absolute Gasteiger partial charge is 0.336 e. The Hall–Kier alpha value is -3.26. The van der Waals surface area contributed by atoms with Gasteiger partial charge in [0.1, 0.15) is 17.9 Å². The molecule has 1 saturated carbocycles. The molecule has 5 rings (SSSR count). The maximum absolute atomic E-state index is 11.9. The molecule has 1 fully saturated rings. The Morgan fingerprint density at radius 2 is 1.84 bits per heavy atom. The van der Waals surface area contributed by atoms with Gasteiger partial charge in [0, 0.05) is 30.1 Å². The van der Waals surface area contributed by atoms with Crippen LogP contribution in [0.4, 0.5) is 0 Å². The average molecular weight is 523 g/mol. The molecule has 8 heteroatoms. The molecule has 0 spiro atoms. The number of rotatable bonds is 6. The Balaban J connectivity index is 1.44. The van der Waals surface area contributed by atoms with Crippen molar-refractivity contribution in [3.63, 3.8) is 0 Å². The average Bonchev–Trinajstić information content (AvgIpc) is 2.90. The molecule has 2 heterocycles. The van der Waals surface area contributed by atoms with E-state index in [0.29, 0.717) is 29.7 Å². The van der Waals surface area contributed by atoms with Crippen LogP contribution in [0.3, 0.4) is 0 Å². The lowest BCUT2D eigenvalue weighted by Gasteiger charge is -2.40. The van der Waals surface area contributed by atoms with Gasteiger partial charge in [0.05, 0.1) is 20.3 Å². The van der Waals surface area contributed by atoms with E-state index in [9.17, 15) is 4.79 Å². The van der Waals surface area contributed by atoms with Crippen molar-refractivity contribution in [1.29, 1.82) is 0 Å². The van der Waals surface area contributed by atoms with Crippen molar-refractivity contribution in [2.24, 2.45) is 0 Å². The van der Waals surface area contributed by atoms with Crippen LogP contribution in [-0.4, -0.2) is 43.4 Å². The summed E-state index contributed by atoms with van der Waals surface area (Å²) in [7, 11) is 3.31. The minimum atomic E-state index is -0.366. The first-order chi connectivity index (χ1) is 18.0. The highest BCUT2D eigenvalue weighted by Crippen LogP contribution is 2.39. The molecule has 2 aromatic carbocycles. The molecule has 1 aromatic heterocycles. The summed E-state index contributed by atoms with van der Waals surface area (Å²) in [5, 5.41) is 5.29. The van der Waals surface area contributed by atoms with E-state index in [2.05, 4.69) is 16.3 Å². The molecule has 3 aromatic rings. The molecule has 0 saturated heterocycles. The van der Waals surface area contributed by atoms with Gasteiger partial charge in [0.25, 0.3) is 0 Å². The van der Waals surface area contributed by atoms with Gasteiger partial charge in [-0.15, -0.1) is 0 Å². The number of nitrogens with one attached hydrogen (secondary N) is 1. The van der Waals surface area contributed by atoms with Crippen LogP contribution >= 0.6 is 12.2 Å². The van der Waals surface area contributed by atoms with Gasteiger partial charge in [0.15, 0.2) is 16.6 Å². The SMILES string of the molecule is COc1cc2c(cc1OC)C(COc1ccc3c(C)cc(=O)oc3c1)N(C(=S)NC1CCCCC1)CC2. The van der Waals surface area contributed by atoms with Gasteiger partial charge in [-0.25, -0.2) is 4.79 Å². The molecular weight excluding hydrogens is 488 g/mol. The number of fused-ring (bicyclic) bond motifs is 2. The van der Waals surface area contributed by atoms with Crippen LogP contribution in [0, 0.1) is 6.92 Å². The highest BCUT2D eigenvalue weighted by molar-refractivity contribution is 7.80. The number of benzene rings is 2. The molecule has 1 atom stereocenters. The summed E-state index contributed by atoms with van der Waals surface area (Å²) in [6.07, 6.45) is 6.93. The number of hydrogen-bond acceptors (Lipinski definition) is 6. The molecular formula is C29H34N2O5S. The Morgan fingerprint density at radius 3 is 2.59 bits per heavy atom. The van der Waals surface area contributed by atoms with Crippen LogP contribution in [0.2, 0.25) is 0 Å². The molecule has 2 aliphatic rings. The molecule has 1 aliphatic heterocycles. The Bertz CT molecular complexity index is 1350. The highest BCUT2D eigenvalue weighted by Gasteiger charge is 2.32. The fraction of sp³-hybridized carbons (Fsp3) is 0.448. The lowest BCUT2D eigenvalue weighted by molar-refractivity contribution is 0.185. The van der Waals surface area contributed by atoms with E-state index in [4.69, 9.17) is 30.8 Å². The number of methoxy groups -OCH3 is 2. The number of ether oxygens (including phenoxy) is 3. The molecule has 0 radical (unpaired) electrons. The third kappa shape index (κ3) is 5.39. The van der Waals surface area contributed by atoms with E-state index < -0.39 is 0 Å². The van der Waals surface area contributed by atoms with Crippen LogP contribution in [-0.2, 0) is 6.42 Å². The third-order valence-corrected chi connectivity index (χ3v) is 7.88. The molecule has 0 amide bonds. The molecule has 37 heavy (non-hydrogen) atoms. The maximum atomic E-state index is 11.9. The van der Waals surface area contributed by atoms with Gasteiger partial charge < -0.3 is 28.8 Å². The highest BCUT2D eigenvalue weighted by atomic mass is 32.1. The zero-order chi connectivity index (χ0) is 25.9. The van der Waals surface area contributed by atoms with Gasteiger partial charge >= 0.3 is 5.63 Å². The van der Waals surface area contributed by atoms with E-state index in [1.165, 1.54) is 30.9 Å². The van der Waals surface area contributed by atoms with Gasteiger partial charge in [-0.3, -0.25) is 0 Å². The summed E-state index contributed by atoms with van der Waals surface area (Å²) >= 11 is 5.95. The molecule has 196 valence electrons. The molecule has 0 bridgehead atoms. The summed E-state index contributed by atoms with van der Waals surface area (Å²) in [4.78, 5) is 14.1. The van der Waals surface area contributed by atoms with Crippen LogP contribution in [0.5, 0.6) is 17.2 Å². The standard InChI is InChI=1S/C29H34N2O5S/c1-18-13-28(32)36-25-15-21(9-10-22(18)25)35-17-24-23-16-27(34-3)26(33-2)14-19(23)11-12-31(24)29(37)30-20-7-5-4-6-8-20/h9-10,13-16,20,24H,4-8,11-12,17H2,1-3H3,(H,30,37). The fourth-order valence-electron chi connectivity index (χ4n) is 5.53. The van der Waals surface area contributed by atoms with Crippen molar-refractivity contribution in [1.82, 2.24) is 10.2 Å². The zero-order valence-corrected chi connectivity index (χ0v) is 22.5. The fourth-order valence-corrected chi connectivity index (χ4v) is 5.91. The number of nitrogens with zero attached hydrogens (tertiary/aromatic N) is 1. The van der Waals surface area contributed by atoms with Crippen molar-refractivity contribution < 1.29 is 18.6 Å². The predicted molar refractivity (Wildman–Crippen MR) is 148 cm³/mol. The van der Waals surface area contributed by atoms with E-state index >= 15 is 0 Å². The van der Waals surface area contributed by atoms with Gasteiger partial charge in [-0.05, 0) is 79.4 Å². The zero-order valence-electron chi connectivity index (χ0n) is 21.7. The maximum Gasteiger partial charge on any atom is 0.336 e. The lowest BCUT2D eigenvalue weighted by atomic mass is 9.92. The summed E-state index contributed by atoms with van der Waals surface area (Å²) < 4.78 is 22.9. The number of hydrogen-bond donors (Lipinski definition) is 1. The second-order valence-corrected chi connectivity index (χ2v) is 10.3. The largest absolute Gasteiger partial charge is 0.493 e. The lowest BCUT2D eigenvalue weighted by Crippen LogP contribution is -2.50. The summed E-state index contributed by atoms with van der Waals surface area (Å²) in [6.45, 7) is 3.05. The van der Waals surface area contributed by atoms with Crippen LogP contribution in [0.15, 0.2) is 45.6 Å². The predicted octanol–water partition coefficient (Wildman–Crippen LogP) is 5.30. The molecule has 1 aliphatic carbocycles. The third-order valence-electron chi connectivity index (χ3n) is 7.53. The number of thiocarbonyl (C=S) groups is 1. The molecule has 7 nitrogen and oxygen atoms in total. The van der Waals surface area contributed by atoms with Crippen molar-refractivity contribution in [2.75, 3.05) is 27.4 Å². The quantitative estimate of drug-likeness (QED) is 0.345. The van der Waals surface area contributed by atoms with E-state index in [1.807, 2.05) is 25.1 Å². The number of aryl methyl sites for hydroxylation is 1. The topological polar surface area (TPSA) is 73.2 Å². The Labute approximate surface area is 222 Å². The summed E-state index contributed by atoms with van der Waals surface area (Å²) in [5.41, 5.74) is 3.34. The normalized spacial score (nSPS) is 17.8. The van der Waals surface area contributed by atoms with E-state index in [1.54, 1.807) is 20.3 Å². The van der Waals surface area contributed by atoms with Gasteiger partial charge in [-0.2, -0.15) is 0 Å². The summed E-state index contributed by atoms with van der Waals surface area (Å²) in [5.74, 6) is 2.04. The van der Waals surface area contributed by atoms with Crippen LogP contribution < -0.4 is 25.2 Å². The molecule has 1 unspecified atom stereocenters. The second kappa shape index (κ2) is 11.0. The second-order valence-electron chi connectivity index (χ2n) is 9.87. The van der Waals surface area contributed by atoms with Gasteiger partial charge in [0.2, 0.25) is 0 Å². The first-order valence-corrected chi connectivity index (χ1v) is 13.4. The van der Waals surface area contributed by atoms with Crippen molar-refractivity contribution in [3.8, 4) is 17.2 Å². The van der Waals surface area contributed by atoms with Crippen molar-refractivity contribution in [2.45, 2.75) is 57.5 Å². The van der Waals surface area contributed by atoms with Crippen LogP contribution in [0.25, 0.3) is 11.0 Å². The minimum Gasteiger partial charge on any atom is -0.493 e.